The lowest BCUT2D eigenvalue weighted by Crippen LogP contribution is -2.44. The second-order valence-corrected chi connectivity index (χ2v) is 8.66. The molecule has 0 saturated carbocycles. The fourth-order valence-electron chi connectivity index (χ4n) is 3.97. The molecule has 0 fully saturated rings. The zero-order valence-electron chi connectivity index (χ0n) is 18.4. The number of anilines is 1. The topological polar surface area (TPSA) is 112 Å². The van der Waals surface area contributed by atoms with Gasteiger partial charge in [0, 0.05) is 23.3 Å². The molecule has 7 nitrogen and oxygen atoms in total. The number of halogens is 1. The molecule has 0 radical (unpaired) electrons. The van der Waals surface area contributed by atoms with Gasteiger partial charge in [0.25, 0.3) is 5.91 Å². The van der Waals surface area contributed by atoms with Gasteiger partial charge in [0.1, 0.15) is 17.6 Å². The third-order valence-corrected chi connectivity index (χ3v) is 6.28. The van der Waals surface area contributed by atoms with Crippen LogP contribution in [0.2, 0.25) is 5.02 Å². The normalized spacial score (nSPS) is 18.3. The highest BCUT2D eigenvalue weighted by Crippen LogP contribution is 2.39. The number of nitrogens with zero attached hydrogens (tertiary/aromatic N) is 1. The fraction of sp³-hybridized carbons (Fsp3) is 0.320. The summed E-state index contributed by atoms with van der Waals surface area (Å²) in [5, 5.41) is 26.0. The van der Waals surface area contributed by atoms with Crippen molar-refractivity contribution in [3.63, 3.8) is 0 Å². The lowest BCUT2D eigenvalue weighted by molar-refractivity contribution is -0.140. The highest BCUT2D eigenvalue weighted by atomic mass is 35.5. The van der Waals surface area contributed by atoms with E-state index in [0.717, 1.165) is 12.2 Å². The molecule has 2 atom stereocenters. The number of rotatable bonds is 10. The van der Waals surface area contributed by atoms with Crippen molar-refractivity contribution in [3.05, 3.63) is 82.7 Å². The Morgan fingerprint density at radius 2 is 2.06 bits per heavy atom. The molecule has 2 aromatic rings. The van der Waals surface area contributed by atoms with Crippen molar-refractivity contribution in [1.29, 1.82) is 0 Å². The Labute approximate surface area is 198 Å². The number of nitrogens with one attached hydrogen (secondary N) is 2. The van der Waals surface area contributed by atoms with Crippen molar-refractivity contribution in [3.8, 4) is 0 Å². The minimum atomic E-state index is -1.11. The van der Waals surface area contributed by atoms with Crippen molar-refractivity contribution in [1.82, 2.24) is 10.3 Å². The first-order valence-electron chi connectivity index (χ1n) is 10.8. The summed E-state index contributed by atoms with van der Waals surface area (Å²) >= 11 is 6.12. The molecule has 0 aliphatic heterocycles. The number of aromatic nitrogens is 1. The first kappa shape index (κ1) is 24.3. The summed E-state index contributed by atoms with van der Waals surface area (Å²) in [5.41, 5.74) is 0.429. The van der Waals surface area contributed by atoms with E-state index in [1.165, 1.54) is 0 Å². The average Bonchev–Trinajstić information content (AvgIpc) is 2.80. The van der Waals surface area contributed by atoms with Crippen LogP contribution in [-0.4, -0.2) is 39.7 Å². The van der Waals surface area contributed by atoms with Gasteiger partial charge in [-0.2, -0.15) is 0 Å². The number of carboxylic acids is 1. The van der Waals surface area contributed by atoms with Crippen LogP contribution in [0.15, 0.2) is 66.6 Å². The van der Waals surface area contributed by atoms with Gasteiger partial charge in [0.05, 0.1) is 0 Å². The minimum Gasteiger partial charge on any atom is -0.508 e. The number of carbonyl (C=O) groups excluding carboxylic acids is 1. The number of carboxylic acid groups (broad SMARTS) is 1. The van der Waals surface area contributed by atoms with Crippen molar-refractivity contribution in [2.24, 2.45) is 5.41 Å². The van der Waals surface area contributed by atoms with Crippen molar-refractivity contribution >= 4 is 29.3 Å². The molecule has 1 heterocycles. The predicted molar refractivity (Wildman–Crippen MR) is 129 cm³/mol. The SMILES string of the molecule is Cc1c(Cl)cccc1C(=O)N[C@@H](CC1(CCCNc2ccccn2)C=CC(O)=CC1)C(=O)O. The summed E-state index contributed by atoms with van der Waals surface area (Å²) in [6.45, 7) is 2.38. The van der Waals surface area contributed by atoms with Gasteiger partial charge in [0.15, 0.2) is 0 Å². The molecule has 0 spiro atoms. The van der Waals surface area contributed by atoms with E-state index in [4.69, 9.17) is 11.6 Å². The number of carbonyl (C=O) groups is 2. The third kappa shape index (κ3) is 6.58. The molecule has 33 heavy (non-hydrogen) atoms. The van der Waals surface area contributed by atoms with Crippen molar-refractivity contribution in [2.45, 2.75) is 38.6 Å². The summed E-state index contributed by atoms with van der Waals surface area (Å²) in [6.07, 6.45) is 8.95. The lowest BCUT2D eigenvalue weighted by atomic mass is 9.72. The molecule has 8 heteroatoms. The van der Waals surface area contributed by atoms with Crippen LogP contribution in [-0.2, 0) is 4.79 Å². The van der Waals surface area contributed by atoms with Crippen LogP contribution in [0.25, 0.3) is 0 Å². The van der Waals surface area contributed by atoms with Gasteiger partial charge in [-0.1, -0.05) is 29.8 Å². The van der Waals surface area contributed by atoms with Gasteiger partial charge in [-0.25, -0.2) is 9.78 Å². The van der Waals surface area contributed by atoms with Crippen LogP contribution in [0.1, 0.15) is 41.6 Å². The highest BCUT2D eigenvalue weighted by molar-refractivity contribution is 6.31. The Kier molecular flexibility index (Phi) is 8.11. The molecule has 0 bridgehead atoms. The Balaban J connectivity index is 1.69. The minimum absolute atomic E-state index is 0.155. The molecule has 174 valence electrons. The molecule has 1 unspecified atom stereocenters. The van der Waals surface area contributed by atoms with E-state index >= 15 is 0 Å². The van der Waals surface area contributed by atoms with Gasteiger partial charge in [0.2, 0.25) is 0 Å². The molecule has 1 aliphatic carbocycles. The molecule has 0 saturated heterocycles. The molecule has 1 aliphatic rings. The van der Waals surface area contributed by atoms with E-state index in [1.807, 2.05) is 24.3 Å². The number of benzene rings is 1. The van der Waals surface area contributed by atoms with Crippen LogP contribution >= 0.6 is 11.6 Å². The Morgan fingerprint density at radius 3 is 2.73 bits per heavy atom. The van der Waals surface area contributed by atoms with Crippen LogP contribution in [0.5, 0.6) is 0 Å². The Hall–Kier alpha value is -3.32. The van der Waals surface area contributed by atoms with Crippen molar-refractivity contribution < 1.29 is 19.8 Å². The Bertz CT molecular complexity index is 1050. The summed E-state index contributed by atoms with van der Waals surface area (Å²) in [4.78, 5) is 29.1. The monoisotopic (exact) mass is 469 g/mol. The van der Waals surface area contributed by atoms with Gasteiger partial charge >= 0.3 is 5.97 Å². The molecule has 1 aromatic heterocycles. The maximum atomic E-state index is 12.8. The van der Waals surface area contributed by atoms with Crippen LogP contribution in [0, 0.1) is 12.3 Å². The predicted octanol–water partition coefficient (Wildman–Crippen LogP) is 4.90. The molecule has 1 aromatic carbocycles. The van der Waals surface area contributed by atoms with Crippen molar-refractivity contribution in [2.75, 3.05) is 11.9 Å². The first-order chi connectivity index (χ1) is 15.8. The number of aliphatic hydroxyl groups excluding tert-OH is 1. The number of hydrogen-bond acceptors (Lipinski definition) is 5. The van der Waals surface area contributed by atoms with Gasteiger partial charge < -0.3 is 20.8 Å². The summed E-state index contributed by atoms with van der Waals surface area (Å²) in [7, 11) is 0. The number of allylic oxidation sites excluding steroid dienone is 3. The summed E-state index contributed by atoms with van der Waals surface area (Å²) < 4.78 is 0. The maximum Gasteiger partial charge on any atom is 0.326 e. The molecular weight excluding hydrogens is 442 g/mol. The van der Waals surface area contributed by atoms with E-state index in [9.17, 15) is 19.8 Å². The highest BCUT2D eigenvalue weighted by Gasteiger charge is 2.35. The first-order valence-corrected chi connectivity index (χ1v) is 11.2. The van der Waals surface area contributed by atoms with Crippen LogP contribution in [0.4, 0.5) is 5.82 Å². The second-order valence-electron chi connectivity index (χ2n) is 8.25. The van der Waals surface area contributed by atoms with Gasteiger partial charge in [-0.3, -0.25) is 4.79 Å². The van der Waals surface area contributed by atoms with Crippen LogP contribution < -0.4 is 10.6 Å². The number of aliphatic carboxylic acids is 1. The average molecular weight is 470 g/mol. The number of pyridine rings is 1. The number of hydrogen-bond donors (Lipinski definition) is 4. The maximum absolute atomic E-state index is 12.8. The van der Waals surface area contributed by atoms with E-state index in [2.05, 4.69) is 15.6 Å². The largest absolute Gasteiger partial charge is 0.508 e. The standard InChI is InChI=1S/C25H28ClN3O4/c1-17-19(6-4-7-20(17)26)23(31)29-21(24(32)33)16-25(12-9-18(30)10-13-25)11-5-15-28-22-8-2-3-14-27-22/h2-4,6-10,12,14,21,30H,5,11,13,15-16H2,1H3,(H,27,28)(H,29,31)(H,32,33)/t21-,25?/m0/s1. The fourth-order valence-corrected chi connectivity index (χ4v) is 4.14. The summed E-state index contributed by atoms with van der Waals surface area (Å²) in [6, 6.07) is 9.49. The lowest BCUT2D eigenvalue weighted by Gasteiger charge is -2.34. The van der Waals surface area contributed by atoms with E-state index < -0.39 is 23.3 Å². The molecular formula is C25H28ClN3O4. The molecule has 3 rings (SSSR count). The van der Waals surface area contributed by atoms with E-state index in [0.29, 0.717) is 35.5 Å². The van der Waals surface area contributed by atoms with Crippen LogP contribution in [0.3, 0.4) is 0 Å². The quantitative estimate of drug-likeness (QED) is 0.368. The second kappa shape index (κ2) is 11.0. The molecule has 4 N–H and O–H groups in total. The van der Waals surface area contributed by atoms with E-state index in [1.54, 1.807) is 43.5 Å². The zero-order valence-corrected chi connectivity index (χ0v) is 19.2. The number of aliphatic hydroxyl groups is 1. The van der Waals surface area contributed by atoms with E-state index in [-0.39, 0.29) is 12.2 Å². The van der Waals surface area contributed by atoms with Gasteiger partial charge in [-0.05, 0) is 80.0 Å². The smallest absolute Gasteiger partial charge is 0.326 e. The zero-order chi connectivity index (χ0) is 23.8. The third-order valence-electron chi connectivity index (χ3n) is 5.87. The molecule has 1 amide bonds. The summed E-state index contributed by atoms with van der Waals surface area (Å²) in [5.74, 6) is -0.660. The number of amides is 1. The Morgan fingerprint density at radius 1 is 1.24 bits per heavy atom. The van der Waals surface area contributed by atoms with Gasteiger partial charge in [-0.15, -0.1) is 0 Å².